The summed E-state index contributed by atoms with van der Waals surface area (Å²) in [6, 6.07) is 3.77. The Morgan fingerprint density at radius 1 is 1.56 bits per heavy atom. The van der Waals surface area contributed by atoms with Gasteiger partial charge in [0, 0.05) is 22.1 Å². The molecule has 0 spiro atoms. The molecule has 0 aliphatic rings. The number of aliphatic hydroxyl groups is 1. The maximum Gasteiger partial charge on any atom is 0.130 e. The summed E-state index contributed by atoms with van der Waals surface area (Å²) in [7, 11) is 0. The fraction of sp³-hybridized carbons (Fsp3) is 0.300. The monoisotopic (exact) mass is 364 g/mol. The van der Waals surface area contributed by atoms with Crippen LogP contribution in [0.3, 0.4) is 0 Å². The Labute approximate surface area is 114 Å². The molecule has 0 aliphatic heterocycles. The predicted octanol–water partition coefficient (Wildman–Crippen LogP) is 3.57. The summed E-state index contributed by atoms with van der Waals surface area (Å²) >= 11 is 8.35. The first-order chi connectivity index (χ1) is 7.63. The maximum atomic E-state index is 10.2. The van der Waals surface area contributed by atoms with Gasteiger partial charge in [-0.3, -0.25) is 4.68 Å². The van der Waals surface area contributed by atoms with Crippen molar-refractivity contribution < 1.29 is 5.11 Å². The van der Waals surface area contributed by atoms with Crippen LogP contribution >= 0.6 is 43.2 Å². The molecule has 86 valence electrons. The summed E-state index contributed by atoms with van der Waals surface area (Å²) in [6.45, 7) is 2.76. The van der Waals surface area contributed by atoms with Crippen LogP contribution in [0.1, 0.15) is 23.6 Å². The minimum Gasteiger partial charge on any atom is -0.381 e. The molecule has 0 bridgehead atoms. The molecule has 0 aromatic carbocycles. The van der Waals surface area contributed by atoms with E-state index in [4.69, 9.17) is 0 Å². The van der Waals surface area contributed by atoms with Crippen molar-refractivity contribution in [3.8, 4) is 0 Å². The Kier molecular flexibility index (Phi) is 3.84. The van der Waals surface area contributed by atoms with E-state index in [1.807, 2.05) is 19.1 Å². The molecule has 2 rings (SSSR count). The number of nitrogens with zero attached hydrogens (tertiary/aromatic N) is 2. The minimum atomic E-state index is -0.616. The van der Waals surface area contributed by atoms with E-state index in [1.54, 1.807) is 10.9 Å². The van der Waals surface area contributed by atoms with Gasteiger partial charge in [-0.25, -0.2) is 0 Å². The standard InChI is InChI=1S/C10H10Br2N2OS/c1-2-14-7(3-4-13-14)9(15)8-5-6(11)10(12)16-8/h3-5,9,15H,2H2,1H3. The molecule has 3 nitrogen and oxygen atoms in total. The van der Waals surface area contributed by atoms with Gasteiger partial charge in [0.2, 0.25) is 0 Å². The Hall–Kier alpha value is -0.170. The molecule has 2 aromatic heterocycles. The summed E-state index contributed by atoms with van der Waals surface area (Å²) < 4.78 is 3.75. The summed E-state index contributed by atoms with van der Waals surface area (Å²) in [4.78, 5) is 0.897. The van der Waals surface area contributed by atoms with Gasteiger partial charge in [-0.2, -0.15) is 5.10 Å². The SMILES string of the molecule is CCn1nccc1C(O)c1cc(Br)c(Br)s1. The van der Waals surface area contributed by atoms with Crippen LogP contribution in [0.4, 0.5) is 0 Å². The number of halogens is 2. The number of rotatable bonds is 3. The van der Waals surface area contributed by atoms with Gasteiger partial charge in [-0.05, 0) is 50.9 Å². The number of aromatic nitrogens is 2. The third-order valence-corrected chi connectivity index (χ3v) is 5.57. The molecule has 2 aromatic rings. The molecule has 1 unspecified atom stereocenters. The highest BCUT2D eigenvalue weighted by Gasteiger charge is 2.18. The fourth-order valence-electron chi connectivity index (χ4n) is 1.48. The van der Waals surface area contributed by atoms with Crippen LogP contribution in [0.5, 0.6) is 0 Å². The normalized spacial score (nSPS) is 13.0. The molecule has 0 aliphatic carbocycles. The smallest absolute Gasteiger partial charge is 0.130 e. The summed E-state index contributed by atoms with van der Waals surface area (Å²) in [5.41, 5.74) is 0.823. The van der Waals surface area contributed by atoms with Crippen molar-refractivity contribution in [2.75, 3.05) is 0 Å². The summed E-state index contributed by atoms with van der Waals surface area (Å²) in [6.07, 6.45) is 1.09. The van der Waals surface area contributed by atoms with Crippen molar-refractivity contribution in [3.05, 3.63) is 37.2 Å². The second kappa shape index (κ2) is 5.00. The van der Waals surface area contributed by atoms with Gasteiger partial charge in [0.25, 0.3) is 0 Å². The van der Waals surface area contributed by atoms with Crippen LogP contribution in [0, 0.1) is 0 Å². The van der Waals surface area contributed by atoms with Crippen LogP contribution in [0.25, 0.3) is 0 Å². The van der Waals surface area contributed by atoms with E-state index in [1.165, 1.54) is 11.3 Å². The Morgan fingerprint density at radius 3 is 2.88 bits per heavy atom. The molecular formula is C10H10Br2N2OS. The molecule has 16 heavy (non-hydrogen) atoms. The third kappa shape index (κ3) is 2.25. The van der Waals surface area contributed by atoms with E-state index in [-0.39, 0.29) is 0 Å². The van der Waals surface area contributed by atoms with Crippen molar-refractivity contribution in [3.63, 3.8) is 0 Å². The molecule has 6 heteroatoms. The quantitative estimate of drug-likeness (QED) is 0.902. The number of thiophene rings is 1. The average molecular weight is 366 g/mol. The zero-order chi connectivity index (χ0) is 11.7. The van der Waals surface area contributed by atoms with Gasteiger partial charge in [0.15, 0.2) is 0 Å². The first kappa shape index (κ1) is 12.3. The second-order valence-corrected chi connectivity index (χ2v) is 6.50. The minimum absolute atomic E-state index is 0.616. The predicted molar refractivity (Wildman–Crippen MR) is 71.7 cm³/mol. The lowest BCUT2D eigenvalue weighted by Crippen LogP contribution is -2.07. The summed E-state index contributed by atoms with van der Waals surface area (Å²) in [5.74, 6) is 0. The van der Waals surface area contributed by atoms with Gasteiger partial charge in [0.05, 0.1) is 9.48 Å². The zero-order valence-corrected chi connectivity index (χ0v) is 12.5. The van der Waals surface area contributed by atoms with Crippen LogP contribution in [0.15, 0.2) is 26.6 Å². The molecular weight excluding hydrogens is 356 g/mol. The van der Waals surface area contributed by atoms with Gasteiger partial charge < -0.3 is 5.11 Å². The van der Waals surface area contributed by atoms with Gasteiger partial charge in [-0.15, -0.1) is 11.3 Å². The van der Waals surface area contributed by atoms with Crippen molar-refractivity contribution in [1.29, 1.82) is 0 Å². The van der Waals surface area contributed by atoms with E-state index in [0.29, 0.717) is 0 Å². The van der Waals surface area contributed by atoms with E-state index in [0.717, 1.165) is 25.4 Å². The van der Waals surface area contributed by atoms with Gasteiger partial charge in [0.1, 0.15) is 6.10 Å². The summed E-state index contributed by atoms with van der Waals surface area (Å²) in [5, 5.41) is 14.4. The second-order valence-electron chi connectivity index (χ2n) is 3.24. The highest BCUT2D eigenvalue weighted by Crippen LogP contribution is 2.37. The Morgan fingerprint density at radius 2 is 2.31 bits per heavy atom. The molecule has 0 saturated heterocycles. The van der Waals surface area contributed by atoms with Crippen molar-refractivity contribution >= 4 is 43.2 Å². The molecule has 0 saturated carbocycles. The zero-order valence-electron chi connectivity index (χ0n) is 8.52. The molecule has 2 heterocycles. The molecule has 1 N–H and O–H groups in total. The number of hydrogen-bond acceptors (Lipinski definition) is 3. The molecule has 0 amide bonds. The molecule has 0 fully saturated rings. The highest BCUT2D eigenvalue weighted by molar-refractivity contribution is 9.13. The van der Waals surface area contributed by atoms with Crippen molar-refractivity contribution in [2.24, 2.45) is 0 Å². The number of aryl methyl sites for hydroxylation is 1. The van der Waals surface area contributed by atoms with Crippen molar-refractivity contribution in [2.45, 2.75) is 19.6 Å². The topological polar surface area (TPSA) is 38.0 Å². The van der Waals surface area contributed by atoms with E-state index in [2.05, 4.69) is 37.0 Å². The largest absolute Gasteiger partial charge is 0.381 e. The number of aliphatic hydroxyl groups excluding tert-OH is 1. The molecule has 1 atom stereocenters. The van der Waals surface area contributed by atoms with Crippen LogP contribution in [-0.2, 0) is 6.54 Å². The lowest BCUT2D eigenvalue weighted by molar-refractivity contribution is 0.212. The van der Waals surface area contributed by atoms with E-state index >= 15 is 0 Å². The fourth-order valence-corrected chi connectivity index (χ4v) is 3.57. The Balaban J connectivity index is 2.35. The first-order valence-corrected chi connectivity index (χ1v) is 7.18. The lowest BCUT2D eigenvalue weighted by Gasteiger charge is -2.10. The van der Waals surface area contributed by atoms with Crippen LogP contribution in [0.2, 0.25) is 0 Å². The van der Waals surface area contributed by atoms with E-state index in [9.17, 15) is 5.11 Å². The average Bonchev–Trinajstić information content (AvgIpc) is 2.85. The van der Waals surface area contributed by atoms with Gasteiger partial charge >= 0.3 is 0 Å². The number of hydrogen-bond donors (Lipinski definition) is 1. The van der Waals surface area contributed by atoms with Gasteiger partial charge in [-0.1, -0.05) is 0 Å². The van der Waals surface area contributed by atoms with Crippen LogP contribution < -0.4 is 0 Å². The van der Waals surface area contributed by atoms with Crippen LogP contribution in [-0.4, -0.2) is 14.9 Å². The Bertz CT molecular complexity index is 475. The molecule has 0 radical (unpaired) electrons. The van der Waals surface area contributed by atoms with E-state index < -0.39 is 6.10 Å². The van der Waals surface area contributed by atoms with Crippen molar-refractivity contribution in [1.82, 2.24) is 9.78 Å². The maximum absolute atomic E-state index is 10.2. The highest BCUT2D eigenvalue weighted by atomic mass is 79.9. The third-order valence-electron chi connectivity index (χ3n) is 2.26. The lowest BCUT2D eigenvalue weighted by atomic mass is 10.2. The first-order valence-electron chi connectivity index (χ1n) is 4.78.